The summed E-state index contributed by atoms with van der Waals surface area (Å²) in [4.78, 5) is 22.9. The van der Waals surface area contributed by atoms with Crippen LogP contribution >= 0.6 is 11.8 Å². The number of para-hydroxylation sites is 1. The summed E-state index contributed by atoms with van der Waals surface area (Å²) in [7, 11) is 1.60. The summed E-state index contributed by atoms with van der Waals surface area (Å²) in [5.74, 6) is 0.508. The number of esters is 1. The molecule has 5 nitrogen and oxygen atoms in total. The highest BCUT2D eigenvalue weighted by Gasteiger charge is 2.25. The van der Waals surface area contributed by atoms with Gasteiger partial charge in [-0.05, 0) is 54.6 Å². The van der Waals surface area contributed by atoms with Gasteiger partial charge in [0.1, 0.15) is 10.8 Å². The quantitative estimate of drug-likeness (QED) is 0.294. The predicted molar refractivity (Wildman–Crippen MR) is 126 cm³/mol. The Morgan fingerprint density at radius 2 is 1.69 bits per heavy atom. The number of methoxy groups -OCH3 is 1. The number of nitrogens with zero attached hydrogens (tertiary/aromatic N) is 2. The van der Waals surface area contributed by atoms with Crippen LogP contribution in [0.1, 0.15) is 11.1 Å². The highest BCUT2D eigenvalue weighted by Crippen LogP contribution is 2.33. The van der Waals surface area contributed by atoms with Crippen LogP contribution < -0.4 is 4.74 Å². The minimum absolute atomic E-state index is 0.239. The molecular weight excluding hydrogens is 420 g/mol. The molecule has 4 aromatic rings. The molecule has 1 aliphatic rings. The van der Waals surface area contributed by atoms with Crippen LogP contribution in [0.5, 0.6) is 5.75 Å². The van der Waals surface area contributed by atoms with E-state index in [1.807, 2.05) is 72.8 Å². The van der Waals surface area contributed by atoms with E-state index in [9.17, 15) is 4.79 Å². The van der Waals surface area contributed by atoms with Crippen LogP contribution in [-0.4, -0.2) is 24.0 Å². The number of benzene rings is 3. The highest BCUT2D eigenvalue weighted by molar-refractivity contribution is 7.99. The maximum atomic E-state index is 12.6. The van der Waals surface area contributed by atoms with Gasteiger partial charge in [0, 0.05) is 21.4 Å². The second-order valence-electron chi connectivity index (χ2n) is 7.06. The van der Waals surface area contributed by atoms with Crippen molar-refractivity contribution >= 4 is 40.6 Å². The number of rotatable bonds is 5. The van der Waals surface area contributed by atoms with Gasteiger partial charge in [0.15, 0.2) is 5.70 Å². The van der Waals surface area contributed by atoms with Crippen LogP contribution in [0.3, 0.4) is 0 Å². The van der Waals surface area contributed by atoms with Crippen molar-refractivity contribution in [1.82, 2.24) is 4.98 Å². The molecule has 156 valence electrons. The van der Waals surface area contributed by atoms with Gasteiger partial charge in [-0.3, -0.25) is 0 Å². The number of carbonyl (C=O) groups is 1. The summed E-state index contributed by atoms with van der Waals surface area (Å²) in [6.07, 6.45) is 1.74. The summed E-state index contributed by atoms with van der Waals surface area (Å²) >= 11 is 1.54. The van der Waals surface area contributed by atoms with Crippen LogP contribution in [0.4, 0.5) is 0 Å². The third-order valence-corrected chi connectivity index (χ3v) is 5.95. The number of fused-ring (bicyclic) bond motifs is 1. The van der Waals surface area contributed by atoms with Crippen molar-refractivity contribution in [3.63, 3.8) is 0 Å². The molecule has 0 atom stereocenters. The van der Waals surface area contributed by atoms with Crippen molar-refractivity contribution in [3.8, 4) is 5.75 Å². The van der Waals surface area contributed by atoms with E-state index in [2.05, 4.69) is 4.99 Å². The lowest BCUT2D eigenvalue weighted by Crippen LogP contribution is -2.05. The molecule has 0 amide bonds. The first kappa shape index (κ1) is 20.0. The molecule has 5 rings (SSSR count). The summed E-state index contributed by atoms with van der Waals surface area (Å²) < 4.78 is 10.6. The number of ether oxygens (including phenoxy) is 2. The maximum Gasteiger partial charge on any atom is 0.363 e. The molecule has 32 heavy (non-hydrogen) atoms. The Morgan fingerprint density at radius 3 is 2.47 bits per heavy atom. The molecular formula is C26H18N2O3S. The van der Waals surface area contributed by atoms with Crippen molar-refractivity contribution in [3.05, 3.63) is 102 Å². The molecule has 0 saturated heterocycles. The van der Waals surface area contributed by atoms with E-state index in [-0.39, 0.29) is 11.6 Å². The predicted octanol–water partition coefficient (Wildman–Crippen LogP) is 5.74. The lowest BCUT2D eigenvalue weighted by Gasteiger charge is -2.08. The van der Waals surface area contributed by atoms with Crippen LogP contribution in [0.2, 0.25) is 0 Å². The Labute approximate surface area is 189 Å². The molecule has 6 heteroatoms. The molecule has 0 spiro atoms. The van der Waals surface area contributed by atoms with Crippen molar-refractivity contribution in [2.75, 3.05) is 7.11 Å². The van der Waals surface area contributed by atoms with E-state index in [0.717, 1.165) is 32.1 Å². The molecule has 0 saturated carbocycles. The van der Waals surface area contributed by atoms with E-state index in [1.165, 1.54) is 0 Å². The van der Waals surface area contributed by atoms with Gasteiger partial charge in [0.2, 0.25) is 5.90 Å². The van der Waals surface area contributed by atoms with Gasteiger partial charge in [-0.25, -0.2) is 14.8 Å². The zero-order chi connectivity index (χ0) is 21.9. The van der Waals surface area contributed by atoms with E-state index >= 15 is 0 Å². The summed E-state index contributed by atoms with van der Waals surface area (Å²) in [6.45, 7) is 0. The molecule has 3 aromatic carbocycles. The van der Waals surface area contributed by atoms with Gasteiger partial charge in [0.25, 0.3) is 0 Å². The van der Waals surface area contributed by atoms with Crippen LogP contribution in [0, 0.1) is 0 Å². The van der Waals surface area contributed by atoms with Crippen LogP contribution in [0.25, 0.3) is 17.0 Å². The molecule has 0 bridgehead atoms. The first-order chi connectivity index (χ1) is 15.7. The Bertz CT molecular complexity index is 1360. The SMILES string of the molecule is COc1ccc(C2=N/C(=C/c3cc4ccccc4nc3Sc3ccccc3)C(=O)O2)cc1. The van der Waals surface area contributed by atoms with Gasteiger partial charge in [-0.1, -0.05) is 48.2 Å². The smallest absolute Gasteiger partial charge is 0.363 e. The minimum Gasteiger partial charge on any atom is -0.497 e. The number of aliphatic imine (C=N–C) groups is 1. The number of hydrogen-bond donors (Lipinski definition) is 0. The van der Waals surface area contributed by atoms with Crippen LogP contribution in [-0.2, 0) is 9.53 Å². The Morgan fingerprint density at radius 1 is 0.938 bits per heavy atom. The zero-order valence-corrected chi connectivity index (χ0v) is 18.0. The molecule has 0 unspecified atom stereocenters. The second-order valence-corrected chi connectivity index (χ2v) is 8.12. The molecule has 1 aliphatic heterocycles. The van der Waals surface area contributed by atoms with Crippen LogP contribution in [0.15, 0.2) is 106 Å². The topological polar surface area (TPSA) is 60.8 Å². The van der Waals surface area contributed by atoms with Crippen molar-refractivity contribution in [2.45, 2.75) is 9.92 Å². The number of cyclic esters (lactones) is 1. The molecule has 1 aromatic heterocycles. The number of carbonyl (C=O) groups excluding carboxylic acids is 1. The lowest BCUT2D eigenvalue weighted by atomic mass is 10.1. The van der Waals surface area contributed by atoms with Crippen molar-refractivity contribution in [1.29, 1.82) is 0 Å². The van der Waals surface area contributed by atoms with Crippen molar-refractivity contribution < 1.29 is 14.3 Å². The molecule has 2 heterocycles. The first-order valence-electron chi connectivity index (χ1n) is 9.99. The van der Waals surface area contributed by atoms with E-state index < -0.39 is 5.97 Å². The van der Waals surface area contributed by atoms with E-state index in [4.69, 9.17) is 14.5 Å². The Hall–Kier alpha value is -3.90. The van der Waals surface area contributed by atoms with Gasteiger partial charge >= 0.3 is 5.97 Å². The number of aromatic nitrogens is 1. The van der Waals surface area contributed by atoms with Gasteiger partial charge in [-0.2, -0.15) is 0 Å². The van der Waals surface area contributed by atoms with Gasteiger partial charge in [-0.15, -0.1) is 0 Å². The lowest BCUT2D eigenvalue weighted by molar-refractivity contribution is -0.129. The fraction of sp³-hybridized carbons (Fsp3) is 0.0385. The third-order valence-electron chi connectivity index (χ3n) is 4.92. The molecule has 0 N–H and O–H groups in total. The van der Waals surface area contributed by atoms with Gasteiger partial charge < -0.3 is 9.47 Å². The summed E-state index contributed by atoms with van der Waals surface area (Å²) in [5.41, 5.74) is 2.65. The van der Waals surface area contributed by atoms with Gasteiger partial charge in [0.05, 0.1) is 12.6 Å². The Kier molecular flexibility index (Phi) is 5.44. The maximum absolute atomic E-state index is 12.6. The largest absolute Gasteiger partial charge is 0.497 e. The first-order valence-corrected chi connectivity index (χ1v) is 10.8. The van der Waals surface area contributed by atoms with E-state index in [1.54, 1.807) is 37.1 Å². The minimum atomic E-state index is -0.486. The molecule has 0 fully saturated rings. The standard InChI is InChI=1S/C26H18N2O3S/c1-30-20-13-11-17(12-14-20)24-27-23(26(29)31-24)16-19-15-18-7-5-6-10-22(18)28-25(19)32-21-8-3-2-4-9-21/h2-16H,1H3/b23-16+. The molecule has 0 aliphatic carbocycles. The molecule has 0 radical (unpaired) electrons. The van der Waals surface area contributed by atoms with E-state index in [0.29, 0.717) is 5.56 Å². The highest BCUT2D eigenvalue weighted by atomic mass is 32.2. The fourth-order valence-corrected chi connectivity index (χ4v) is 4.21. The Balaban J connectivity index is 1.56. The average Bonchev–Trinajstić information content (AvgIpc) is 3.20. The zero-order valence-electron chi connectivity index (χ0n) is 17.2. The average molecular weight is 439 g/mol. The normalized spacial score (nSPS) is 14.5. The number of pyridine rings is 1. The number of hydrogen-bond acceptors (Lipinski definition) is 6. The summed E-state index contributed by atoms with van der Waals surface area (Å²) in [6, 6.07) is 27.2. The monoisotopic (exact) mass is 438 g/mol. The second kappa shape index (κ2) is 8.69. The summed E-state index contributed by atoms with van der Waals surface area (Å²) in [5, 5.41) is 1.78. The third kappa shape index (κ3) is 4.13. The van der Waals surface area contributed by atoms with Crippen molar-refractivity contribution in [2.24, 2.45) is 4.99 Å². The fourth-order valence-electron chi connectivity index (χ4n) is 3.31.